The Labute approximate surface area is 105 Å². The van der Waals surface area contributed by atoms with E-state index < -0.39 is 0 Å². The van der Waals surface area contributed by atoms with Gasteiger partial charge in [0.15, 0.2) is 0 Å². The predicted molar refractivity (Wildman–Crippen MR) is 69.6 cm³/mol. The zero-order chi connectivity index (χ0) is 10.7. The van der Waals surface area contributed by atoms with Crippen LogP contribution in [0, 0.1) is 6.92 Å². The summed E-state index contributed by atoms with van der Waals surface area (Å²) < 4.78 is 0.890. The van der Waals surface area contributed by atoms with Crippen molar-refractivity contribution < 1.29 is 5.11 Å². The highest BCUT2D eigenvalue weighted by atomic mass is 79.9. The van der Waals surface area contributed by atoms with Crippen molar-refractivity contribution in [3.63, 3.8) is 0 Å². The van der Waals surface area contributed by atoms with Crippen molar-refractivity contribution in [2.24, 2.45) is 5.73 Å². The zero-order valence-electron chi connectivity index (χ0n) is 8.96. The van der Waals surface area contributed by atoms with E-state index in [-0.39, 0.29) is 18.4 Å². The van der Waals surface area contributed by atoms with E-state index >= 15 is 0 Å². The van der Waals surface area contributed by atoms with Gasteiger partial charge in [-0.15, -0.1) is 12.4 Å². The molecule has 0 aliphatic heterocycles. The van der Waals surface area contributed by atoms with Crippen molar-refractivity contribution in [1.82, 2.24) is 0 Å². The van der Waals surface area contributed by atoms with E-state index in [0.717, 1.165) is 28.4 Å². The van der Waals surface area contributed by atoms with Crippen LogP contribution in [0.1, 0.15) is 36.9 Å². The first kappa shape index (κ1) is 14.8. The number of phenols is 1. The Morgan fingerprint density at radius 1 is 1.47 bits per heavy atom. The lowest BCUT2D eigenvalue weighted by molar-refractivity contribution is 0.453. The second kappa shape index (κ2) is 6.36. The van der Waals surface area contributed by atoms with E-state index in [0.29, 0.717) is 5.75 Å². The molecular formula is C11H17BrClNO. The van der Waals surface area contributed by atoms with Crippen molar-refractivity contribution in [2.45, 2.75) is 32.7 Å². The van der Waals surface area contributed by atoms with Crippen LogP contribution in [-0.2, 0) is 0 Å². The molecule has 0 heterocycles. The molecule has 1 atom stereocenters. The molecule has 0 aromatic heterocycles. The maximum atomic E-state index is 9.87. The molecule has 0 fully saturated rings. The Morgan fingerprint density at radius 2 is 2.07 bits per heavy atom. The van der Waals surface area contributed by atoms with E-state index in [1.54, 1.807) is 0 Å². The molecule has 0 bridgehead atoms. The summed E-state index contributed by atoms with van der Waals surface area (Å²) in [5.74, 6) is 0.320. The fraction of sp³-hybridized carbons (Fsp3) is 0.455. The van der Waals surface area contributed by atoms with Gasteiger partial charge in [-0.1, -0.05) is 35.3 Å². The number of aromatic hydroxyl groups is 1. The van der Waals surface area contributed by atoms with Crippen LogP contribution < -0.4 is 5.73 Å². The van der Waals surface area contributed by atoms with Crippen LogP contribution >= 0.6 is 28.3 Å². The van der Waals surface area contributed by atoms with Crippen LogP contribution in [0.5, 0.6) is 5.75 Å². The topological polar surface area (TPSA) is 46.2 Å². The molecular weight excluding hydrogens is 277 g/mol. The van der Waals surface area contributed by atoms with Gasteiger partial charge in [0, 0.05) is 16.1 Å². The minimum Gasteiger partial charge on any atom is -0.507 e. The Bertz CT molecular complexity index is 331. The summed E-state index contributed by atoms with van der Waals surface area (Å²) in [5, 5.41) is 9.87. The van der Waals surface area contributed by atoms with E-state index in [9.17, 15) is 5.11 Å². The van der Waals surface area contributed by atoms with Crippen molar-refractivity contribution in [3.05, 3.63) is 27.7 Å². The first-order valence-corrected chi connectivity index (χ1v) is 5.60. The van der Waals surface area contributed by atoms with Crippen molar-refractivity contribution >= 4 is 28.3 Å². The molecule has 0 radical (unpaired) electrons. The third kappa shape index (κ3) is 3.37. The Hall–Kier alpha value is -0.250. The first-order chi connectivity index (χ1) is 6.57. The van der Waals surface area contributed by atoms with Crippen LogP contribution in [0.15, 0.2) is 16.6 Å². The molecule has 2 nitrogen and oxygen atoms in total. The van der Waals surface area contributed by atoms with Gasteiger partial charge in [-0.3, -0.25) is 0 Å². The van der Waals surface area contributed by atoms with Gasteiger partial charge in [-0.25, -0.2) is 0 Å². The third-order valence-corrected chi connectivity index (χ3v) is 3.03. The molecule has 0 unspecified atom stereocenters. The molecule has 3 N–H and O–H groups in total. The summed E-state index contributed by atoms with van der Waals surface area (Å²) in [6.07, 6.45) is 1.90. The van der Waals surface area contributed by atoms with E-state index in [2.05, 4.69) is 22.9 Å². The molecule has 0 saturated carbocycles. The van der Waals surface area contributed by atoms with Gasteiger partial charge in [0.25, 0.3) is 0 Å². The van der Waals surface area contributed by atoms with Gasteiger partial charge >= 0.3 is 0 Å². The Morgan fingerprint density at radius 3 is 2.60 bits per heavy atom. The lowest BCUT2D eigenvalue weighted by Gasteiger charge is -2.16. The number of hydrogen-bond donors (Lipinski definition) is 2. The SMILES string of the molecule is CCC[C@H](N)c1c(Br)ccc(C)c1O.Cl. The zero-order valence-corrected chi connectivity index (χ0v) is 11.4. The lowest BCUT2D eigenvalue weighted by atomic mass is 10.00. The average molecular weight is 295 g/mol. The fourth-order valence-corrected chi connectivity index (χ4v) is 2.11. The minimum absolute atomic E-state index is 0. The quantitative estimate of drug-likeness (QED) is 0.893. The summed E-state index contributed by atoms with van der Waals surface area (Å²) in [6.45, 7) is 3.96. The highest BCUT2D eigenvalue weighted by molar-refractivity contribution is 9.10. The molecule has 0 aliphatic carbocycles. The number of hydrogen-bond acceptors (Lipinski definition) is 2. The highest BCUT2D eigenvalue weighted by Gasteiger charge is 2.15. The molecule has 15 heavy (non-hydrogen) atoms. The number of rotatable bonds is 3. The minimum atomic E-state index is -0.0886. The maximum Gasteiger partial charge on any atom is 0.124 e. The number of phenolic OH excluding ortho intramolecular Hbond substituents is 1. The smallest absolute Gasteiger partial charge is 0.124 e. The van der Waals surface area contributed by atoms with E-state index in [1.165, 1.54) is 0 Å². The summed E-state index contributed by atoms with van der Waals surface area (Å²) in [4.78, 5) is 0. The maximum absolute atomic E-state index is 9.87. The van der Waals surface area contributed by atoms with Crippen molar-refractivity contribution in [1.29, 1.82) is 0 Å². The molecule has 1 aromatic carbocycles. The van der Waals surface area contributed by atoms with E-state index in [1.807, 2.05) is 19.1 Å². The Balaban J connectivity index is 0.00000196. The van der Waals surface area contributed by atoms with Crippen LogP contribution in [0.2, 0.25) is 0 Å². The van der Waals surface area contributed by atoms with Gasteiger partial charge in [-0.2, -0.15) is 0 Å². The second-order valence-electron chi connectivity index (χ2n) is 3.52. The van der Waals surface area contributed by atoms with Crippen molar-refractivity contribution in [2.75, 3.05) is 0 Å². The number of benzene rings is 1. The van der Waals surface area contributed by atoms with Crippen LogP contribution in [0.4, 0.5) is 0 Å². The number of halogens is 2. The predicted octanol–water partition coefficient (Wildman–Crippen LogP) is 3.68. The van der Waals surface area contributed by atoms with Gasteiger partial charge in [0.2, 0.25) is 0 Å². The second-order valence-corrected chi connectivity index (χ2v) is 4.38. The number of nitrogens with two attached hydrogens (primary N) is 1. The summed E-state index contributed by atoms with van der Waals surface area (Å²) in [6, 6.07) is 3.72. The van der Waals surface area contributed by atoms with Crippen molar-refractivity contribution in [3.8, 4) is 5.75 Å². The van der Waals surface area contributed by atoms with Gasteiger partial charge in [-0.05, 0) is 25.0 Å². The van der Waals surface area contributed by atoms with Gasteiger partial charge in [0.05, 0.1) is 0 Å². The molecule has 4 heteroatoms. The van der Waals surface area contributed by atoms with Crippen LogP contribution in [0.3, 0.4) is 0 Å². The monoisotopic (exact) mass is 293 g/mol. The molecule has 0 aliphatic rings. The fourth-order valence-electron chi connectivity index (χ4n) is 1.50. The summed E-state index contributed by atoms with van der Waals surface area (Å²) in [7, 11) is 0. The molecule has 0 saturated heterocycles. The van der Waals surface area contributed by atoms with Crippen LogP contribution in [-0.4, -0.2) is 5.11 Å². The molecule has 0 spiro atoms. The average Bonchev–Trinajstić information content (AvgIpc) is 2.13. The van der Waals surface area contributed by atoms with E-state index in [4.69, 9.17) is 5.73 Å². The lowest BCUT2D eigenvalue weighted by Crippen LogP contribution is -2.11. The number of aryl methyl sites for hydroxylation is 1. The van der Waals surface area contributed by atoms with Gasteiger partial charge < -0.3 is 10.8 Å². The Kier molecular flexibility index (Phi) is 6.25. The highest BCUT2D eigenvalue weighted by Crippen LogP contribution is 2.34. The van der Waals surface area contributed by atoms with Gasteiger partial charge in [0.1, 0.15) is 5.75 Å². The largest absolute Gasteiger partial charge is 0.507 e. The first-order valence-electron chi connectivity index (χ1n) is 4.81. The molecule has 86 valence electrons. The normalized spacial score (nSPS) is 12.0. The third-order valence-electron chi connectivity index (χ3n) is 2.34. The molecule has 1 rings (SSSR count). The summed E-state index contributed by atoms with van der Waals surface area (Å²) >= 11 is 3.41. The molecule has 1 aromatic rings. The van der Waals surface area contributed by atoms with Crippen LogP contribution in [0.25, 0.3) is 0 Å². The summed E-state index contributed by atoms with van der Waals surface area (Å²) in [5.41, 5.74) is 7.68. The molecule has 0 amide bonds. The standard InChI is InChI=1S/C11H16BrNO.ClH/c1-3-4-9(13)10-8(12)6-5-7(2)11(10)14;/h5-6,9,14H,3-4,13H2,1-2H3;1H/t9-;/m0./s1.